The van der Waals surface area contributed by atoms with Crippen molar-refractivity contribution in [2.24, 2.45) is 0 Å². The monoisotopic (exact) mass is 190 g/mol. The molecule has 0 aliphatic rings. The van der Waals surface area contributed by atoms with Crippen LogP contribution < -0.4 is 24.8 Å². The summed E-state index contributed by atoms with van der Waals surface area (Å²) in [6, 6.07) is 0. The molecular weight excluding hydrogens is 187 g/mol. The fourth-order valence-corrected chi connectivity index (χ4v) is 0. The third-order valence-corrected chi connectivity index (χ3v) is 0.306. The van der Waals surface area contributed by atoms with Gasteiger partial charge in [-0.05, 0) is 0 Å². The molecule has 0 saturated heterocycles. The Morgan fingerprint density at radius 3 is 1.57 bits per heavy atom. The maximum absolute atomic E-state index is 4.38. The molecule has 0 aromatic carbocycles. The van der Waals surface area contributed by atoms with Gasteiger partial charge in [0.05, 0.1) is 0 Å². The van der Waals surface area contributed by atoms with E-state index in [1.54, 1.807) is 0 Å². The van der Waals surface area contributed by atoms with Crippen molar-refractivity contribution in [2.45, 2.75) is 0 Å². The Morgan fingerprint density at radius 2 is 1.57 bits per heavy atom. The van der Waals surface area contributed by atoms with Gasteiger partial charge in [0.1, 0.15) is 0 Å². The number of hydrogen-bond acceptors (Lipinski definition) is 1. The normalized spacial score (nSPS) is 3.57. The standard InChI is InChI=1S/C3H5S.2ClH.Ti/c1-2-3-4;;;/h4H,1,3H2;2*1H;/q;;;+3/p-3. The molecule has 0 aromatic rings. The van der Waals surface area contributed by atoms with Crippen LogP contribution in [0.1, 0.15) is 0 Å². The number of halogens is 2. The Labute approximate surface area is 77.2 Å². The molecule has 4 heteroatoms. The van der Waals surface area contributed by atoms with Gasteiger partial charge in [-0.3, -0.25) is 0 Å². The Bertz CT molecular complexity index is 26.9. The van der Waals surface area contributed by atoms with E-state index >= 15 is 0 Å². The molecule has 2 radical (unpaired) electrons. The van der Waals surface area contributed by atoms with Crippen LogP contribution >= 0.6 is 0 Å². The van der Waals surface area contributed by atoms with Crippen LogP contribution in [-0.2, 0) is 34.3 Å². The van der Waals surface area contributed by atoms with Gasteiger partial charge >= 0.3 is 21.7 Å². The second-order valence-corrected chi connectivity index (χ2v) is 0.683. The molecule has 0 atom stereocenters. The van der Waals surface area contributed by atoms with Crippen molar-refractivity contribution >= 4 is 12.6 Å². The minimum absolute atomic E-state index is 0. The Balaban J connectivity index is -0.0000000150. The van der Waals surface area contributed by atoms with Gasteiger partial charge in [-0.15, -0.1) is 0 Å². The summed E-state index contributed by atoms with van der Waals surface area (Å²) in [6.45, 7) is 3.25. The molecule has 40 valence electrons. The molecule has 0 amide bonds. The van der Waals surface area contributed by atoms with Gasteiger partial charge < -0.3 is 37.4 Å². The van der Waals surface area contributed by atoms with Crippen molar-refractivity contribution in [3.05, 3.63) is 12.7 Å². The molecule has 0 heterocycles. The SMILES string of the molecule is C=[C]C[S-].[Cl-].[Cl-].[Ti+3]. The zero-order valence-electron chi connectivity index (χ0n) is 3.58. The minimum atomic E-state index is 0. The third-order valence-electron chi connectivity index (χ3n) is 0.102. The van der Waals surface area contributed by atoms with Crippen LogP contribution in [0.2, 0.25) is 0 Å². The molecule has 0 aliphatic heterocycles. The summed E-state index contributed by atoms with van der Waals surface area (Å²) in [5, 5.41) is 0. The molecule has 0 saturated carbocycles. The van der Waals surface area contributed by atoms with Gasteiger partial charge in [-0.2, -0.15) is 5.75 Å². The molecular formula is C3H4Cl2STi. The first-order chi connectivity index (χ1) is 1.91. The summed E-state index contributed by atoms with van der Waals surface area (Å²) in [6.07, 6.45) is 2.50. The van der Waals surface area contributed by atoms with Crippen LogP contribution in [0.3, 0.4) is 0 Å². The van der Waals surface area contributed by atoms with Crippen LogP contribution in [0.5, 0.6) is 0 Å². The van der Waals surface area contributed by atoms with Gasteiger partial charge in [0.25, 0.3) is 0 Å². The largest absolute Gasteiger partial charge is 3.00 e. The second-order valence-electron chi connectivity index (χ2n) is 0.394. The minimum Gasteiger partial charge on any atom is -1.00 e. The first kappa shape index (κ1) is 23.8. The zero-order chi connectivity index (χ0) is 3.41. The fraction of sp³-hybridized carbons (Fsp3) is 0.333. The van der Waals surface area contributed by atoms with E-state index in [4.69, 9.17) is 0 Å². The van der Waals surface area contributed by atoms with Crippen LogP contribution in [0, 0.1) is 6.08 Å². The van der Waals surface area contributed by atoms with Gasteiger partial charge in [0, 0.05) is 0 Å². The molecule has 0 bridgehead atoms. The van der Waals surface area contributed by atoms with Crippen molar-refractivity contribution in [1.82, 2.24) is 0 Å². The molecule has 0 spiro atoms. The van der Waals surface area contributed by atoms with Gasteiger partial charge in [-0.1, -0.05) is 12.7 Å². The van der Waals surface area contributed by atoms with Crippen molar-refractivity contribution in [3.8, 4) is 0 Å². The van der Waals surface area contributed by atoms with Crippen molar-refractivity contribution in [2.75, 3.05) is 5.75 Å². The van der Waals surface area contributed by atoms with Crippen molar-refractivity contribution in [1.29, 1.82) is 0 Å². The zero-order valence-corrected chi connectivity index (χ0v) is 7.47. The average Bonchev–Trinajstić information content (AvgIpc) is 1.37. The van der Waals surface area contributed by atoms with E-state index in [1.165, 1.54) is 0 Å². The summed E-state index contributed by atoms with van der Waals surface area (Å²) in [5.41, 5.74) is 0. The first-order valence-electron chi connectivity index (χ1n) is 0.996. The maximum Gasteiger partial charge on any atom is 3.00 e. The fourth-order valence-electron chi connectivity index (χ4n) is 0. The summed E-state index contributed by atoms with van der Waals surface area (Å²) in [4.78, 5) is 0. The second kappa shape index (κ2) is 26.3. The molecule has 7 heavy (non-hydrogen) atoms. The number of hydrogen-bond donors (Lipinski definition) is 0. The van der Waals surface area contributed by atoms with E-state index in [2.05, 4.69) is 25.3 Å². The average molecular weight is 191 g/mol. The molecule has 0 fully saturated rings. The van der Waals surface area contributed by atoms with Crippen LogP contribution in [0.4, 0.5) is 0 Å². The summed E-state index contributed by atoms with van der Waals surface area (Å²) < 4.78 is 0. The van der Waals surface area contributed by atoms with E-state index in [9.17, 15) is 0 Å². The Kier molecular flexibility index (Phi) is 89.3. The Morgan fingerprint density at radius 1 is 1.43 bits per heavy atom. The van der Waals surface area contributed by atoms with Crippen molar-refractivity contribution in [3.63, 3.8) is 0 Å². The number of rotatable bonds is 1. The summed E-state index contributed by atoms with van der Waals surface area (Å²) >= 11 is 4.38. The molecule has 0 unspecified atom stereocenters. The third kappa shape index (κ3) is 37.7. The molecule has 0 aromatic heterocycles. The molecule has 0 rings (SSSR count). The van der Waals surface area contributed by atoms with Gasteiger partial charge in [0.2, 0.25) is 0 Å². The van der Waals surface area contributed by atoms with Crippen LogP contribution in [0.25, 0.3) is 0 Å². The van der Waals surface area contributed by atoms with E-state index in [0.29, 0.717) is 5.75 Å². The summed E-state index contributed by atoms with van der Waals surface area (Å²) in [5.74, 6) is 0.542. The predicted molar refractivity (Wildman–Crippen MR) is 21.1 cm³/mol. The summed E-state index contributed by atoms with van der Waals surface area (Å²) in [7, 11) is 0. The molecule has 0 nitrogen and oxygen atoms in total. The van der Waals surface area contributed by atoms with Crippen LogP contribution in [0.15, 0.2) is 6.58 Å². The van der Waals surface area contributed by atoms with E-state index < -0.39 is 0 Å². The van der Waals surface area contributed by atoms with Gasteiger partial charge in [-0.25, -0.2) is 0 Å². The molecule has 0 aliphatic carbocycles. The first-order valence-corrected chi connectivity index (χ1v) is 1.57. The molecule has 0 N–H and O–H groups in total. The quantitative estimate of drug-likeness (QED) is 0.294. The van der Waals surface area contributed by atoms with E-state index in [-0.39, 0.29) is 46.5 Å². The topological polar surface area (TPSA) is 0 Å². The predicted octanol–water partition coefficient (Wildman–Crippen LogP) is -5.47. The van der Waals surface area contributed by atoms with Crippen LogP contribution in [-0.4, -0.2) is 5.75 Å². The van der Waals surface area contributed by atoms with Crippen molar-refractivity contribution < 1.29 is 46.5 Å². The Hall–Kier alpha value is 1.38. The maximum atomic E-state index is 4.38. The van der Waals surface area contributed by atoms with E-state index in [0.717, 1.165) is 0 Å². The van der Waals surface area contributed by atoms with Gasteiger partial charge in [0.15, 0.2) is 0 Å². The smallest absolute Gasteiger partial charge is 1.00 e. The van der Waals surface area contributed by atoms with E-state index in [1.807, 2.05) is 0 Å².